The average Bonchev–Trinajstić information content (AvgIpc) is 3.37. The molecule has 0 aliphatic heterocycles. The van der Waals surface area contributed by atoms with E-state index in [0.717, 1.165) is 20.8 Å². The molecule has 0 aliphatic rings. The minimum atomic E-state index is -0.747. The predicted octanol–water partition coefficient (Wildman–Crippen LogP) is 1.46. The first kappa shape index (κ1) is 19.7. The van der Waals surface area contributed by atoms with Gasteiger partial charge in [-0.1, -0.05) is 0 Å². The fraction of sp³-hybridized carbons (Fsp3) is 0.263. The normalized spacial score (nSPS) is 12.3. The van der Waals surface area contributed by atoms with E-state index < -0.39 is 17.3 Å². The molecule has 11 heteroatoms. The van der Waals surface area contributed by atoms with Crippen LogP contribution in [-0.2, 0) is 18.9 Å². The number of hydrogen-bond donors (Lipinski definition) is 1. The van der Waals surface area contributed by atoms with Crippen molar-refractivity contribution in [3.8, 4) is 11.3 Å². The zero-order valence-electron chi connectivity index (χ0n) is 16.8. The van der Waals surface area contributed by atoms with Gasteiger partial charge in [-0.25, -0.2) is 19.7 Å². The minimum Gasteiger partial charge on any atom is -0.312 e. The maximum absolute atomic E-state index is 12.8. The Kier molecular flexibility index (Phi) is 4.82. The van der Waals surface area contributed by atoms with Crippen LogP contribution in [0.25, 0.3) is 22.4 Å². The molecule has 0 unspecified atom stereocenters. The molecule has 0 saturated carbocycles. The van der Waals surface area contributed by atoms with Crippen molar-refractivity contribution in [3.05, 3.63) is 55.9 Å². The van der Waals surface area contributed by atoms with Crippen molar-refractivity contribution < 1.29 is 4.79 Å². The minimum absolute atomic E-state index is 0.185. The summed E-state index contributed by atoms with van der Waals surface area (Å²) in [6.07, 6.45) is 3.03. The van der Waals surface area contributed by atoms with E-state index in [1.54, 1.807) is 30.5 Å². The number of thiazole rings is 1. The summed E-state index contributed by atoms with van der Waals surface area (Å²) in [5.74, 6) is 0.0160. The first-order valence-corrected chi connectivity index (χ1v) is 9.98. The molecule has 30 heavy (non-hydrogen) atoms. The number of rotatable bonds is 4. The second-order valence-corrected chi connectivity index (χ2v) is 7.94. The topological polar surface area (TPSA) is 117 Å². The van der Waals surface area contributed by atoms with Gasteiger partial charge in [-0.15, -0.1) is 11.3 Å². The molecule has 1 amide bonds. The van der Waals surface area contributed by atoms with Gasteiger partial charge in [-0.2, -0.15) is 0 Å². The van der Waals surface area contributed by atoms with Crippen LogP contribution in [0.1, 0.15) is 18.0 Å². The third-order valence-electron chi connectivity index (χ3n) is 4.90. The lowest BCUT2D eigenvalue weighted by Crippen LogP contribution is -2.38. The lowest BCUT2D eigenvalue weighted by atomic mass is 10.2. The molecule has 4 heterocycles. The van der Waals surface area contributed by atoms with Gasteiger partial charge in [0.25, 0.3) is 5.56 Å². The first-order valence-electron chi connectivity index (χ1n) is 9.10. The number of pyridine rings is 1. The van der Waals surface area contributed by atoms with Crippen LogP contribution in [0.15, 0.2) is 39.6 Å². The number of hydrogen-bond acceptors (Lipinski definition) is 7. The summed E-state index contributed by atoms with van der Waals surface area (Å²) in [4.78, 5) is 50.3. The Morgan fingerprint density at radius 2 is 1.93 bits per heavy atom. The second kappa shape index (κ2) is 7.34. The SMILES string of the molecule is Cc1nc(-c2ccc(NC(=O)[C@@H](C)n3cnc4c3c(=O)n(C)c(=O)n4C)nc2)cs1. The van der Waals surface area contributed by atoms with Crippen LogP contribution < -0.4 is 16.6 Å². The van der Waals surface area contributed by atoms with Crippen molar-refractivity contribution in [1.29, 1.82) is 0 Å². The lowest BCUT2D eigenvalue weighted by Gasteiger charge is -2.14. The molecule has 4 aromatic rings. The third kappa shape index (κ3) is 3.22. The number of imidazole rings is 1. The molecule has 154 valence electrons. The molecule has 1 atom stereocenters. The summed E-state index contributed by atoms with van der Waals surface area (Å²) in [7, 11) is 2.92. The Morgan fingerprint density at radius 1 is 1.17 bits per heavy atom. The molecule has 0 spiro atoms. The molecular weight excluding hydrogens is 406 g/mol. The fourth-order valence-corrected chi connectivity index (χ4v) is 3.75. The molecule has 4 aromatic heterocycles. The highest BCUT2D eigenvalue weighted by Gasteiger charge is 2.22. The van der Waals surface area contributed by atoms with E-state index >= 15 is 0 Å². The molecule has 10 nitrogen and oxygen atoms in total. The van der Waals surface area contributed by atoms with Crippen LogP contribution in [0, 0.1) is 6.92 Å². The summed E-state index contributed by atoms with van der Waals surface area (Å²) >= 11 is 1.56. The number of anilines is 1. The van der Waals surface area contributed by atoms with Crippen LogP contribution in [0.2, 0.25) is 0 Å². The Balaban J connectivity index is 1.60. The molecule has 0 fully saturated rings. The average molecular weight is 425 g/mol. The fourth-order valence-electron chi connectivity index (χ4n) is 3.13. The van der Waals surface area contributed by atoms with Gasteiger partial charge >= 0.3 is 5.69 Å². The highest BCUT2D eigenvalue weighted by Crippen LogP contribution is 2.22. The zero-order chi connectivity index (χ0) is 21.6. The summed E-state index contributed by atoms with van der Waals surface area (Å²) in [5.41, 5.74) is 1.12. The molecular formula is C19H19N7O3S. The second-order valence-electron chi connectivity index (χ2n) is 6.88. The Hall–Kier alpha value is -3.60. The maximum Gasteiger partial charge on any atom is 0.332 e. The number of carbonyl (C=O) groups is 1. The van der Waals surface area contributed by atoms with Gasteiger partial charge in [0, 0.05) is 31.2 Å². The van der Waals surface area contributed by atoms with Gasteiger partial charge in [-0.05, 0) is 26.0 Å². The smallest absolute Gasteiger partial charge is 0.312 e. The van der Waals surface area contributed by atoms with Crippen molar-refractivity contribution in [3.63, 3.8) is 0 Å². The monoisotopic (exact) mass is 425 g/mol. The molecule has 0 aliphatic carbocycles. The van der Waals surface area contributed by atoms with Crippen molar-refractivity contribution in [2.45, 2.75) is 19.9 Å². The van der Waals surface area contributed by atoms with Crippen LogP contribution >= 0.6 is 11.3 Å². The maximum atomic E-state index is 12.8. The van der Waals surface area contributed by atoms with Crippen LogP contribution in [0.3, 0.4) is 0 Å². The third-order valence-corrected chi connectivity index (χ3v) is 5.67. The summed E-state index contributed by atoms with van der Waals surface area (Å²) in [6, 6.07) is 2.78. The highest BCUT2D eigenvalue weighted by atomic mass is 32.1. The number of carbonyl (C=O) groups excluding carboxylic acids is 1. The van der Waals surface area contributed by atoms with Crippen LogP contribution in [-0.4, -0.2) is 34.6 Å². The number of amides is 1. The van der Waals surface area contributed by atoms with E-state index in [1.165, 1.54) is 29.6 Å². The van der Waals surface area contributed by atoms with E-state index in [2.05, 4.69) is 20.3 Å². The molecule has 0 radical (unpaired) electrons. The first-order chi connectivity index (χ1) is 14.3. The van der Waals surface area contributed by atoms with E-state index in [9.17, 15) is 14.4 Å². The van der Waals surface area contributed by atoms with Crippen LogP contribution in [0.4, 0.5) is 5.82 Å². The number of aryl methyl sites for hydroxylation is 2. The van der Waals surface area contributed by atoms with Gasteiger partial charge < -0.3 is 9.88 Å². The van der Waals surface area contributed by atoms with Gasteiger partial charge in [0.1, 0.15) is 11.9 Å². The highest BCUT2D eigenvalue weighted by molar-refractivity contribution is 7.09. The summed E-state index contributed by atoms with van der Waals surface area (Å²) in [6.45, 7) is 3.58. The van der Waals surface area contributed by atoms with Gasteiger partial charge in [0.05, 0.1) is 17.0 Å². The lowest BCUT2D eigenvalue weighted by molar-refractivity contribution is -0.118. The van der Waals surface area contributed by atoms with E-state index in [0.29, 0.717) is 5.82 Å². The largest absolute Gasteiger partial charge is 0.332 e. The van der Waals surface area contributed by atoms with Gasteiger partial charge in [0.2, 0.25) is 5.91 Å². The molecule has 0 aromatic carbocycles. The number of nitrogens with zero attached hydrogens (tertiary/aromatic N) is 6. The van der Waals surface area contributed by atoms with Crippen molar-refractivity contribution >= 4 is 34.2 Å². The Labute approximate surface area is 174 Å². The standard InChI is InChI=1S/C19H19N7O3S/c1-10(26-9-21-16-15(26)18(28)25(4)19(29)24(16)3)17(27)23-14-6-5-12(7-20-14)13-8-30-11(2)22-13/h5-10H,1-4H3,(H,20,23,27)/t10-/m1/s1. The predicted molar refractivity (Wildman–Crippen MR) is 114 cm³/mol. The molecule has 4 rings (SSSR count). The quantitative estimate of drug-likeness (QED) is 0.529. The number of aromatic nitrogens is 6. The molecule has 0 saturated heterocycles. The van der Waals surface area contributed by atoms with E-state index in [-0.39, 0.29) is 17.1 Å². The number of fused-ring (bicyclic) bond motifs is 1. The summed E-state index contributed by atoms with van der Waals surface area (Å²) in [5, 5.41) is 5.66. The van der Waals surface area contributed by atoms with E-state index in [4.69, 9.17) is 0 Å². The van der Waals surface area contributed by atoms with Crippen molar-refractivity contribution in [2.24, 2.45) is 14.1 Å². The Bertz CT molecular complexity index is 1380. The molecule has 0 bridgehead atoms. The van der Waals surface area contributed by atoms with Crippen LogP contribution in [0.5, 0.6) is 0 Å². The van der Waals surface area contributed by atoms with Gasteiger partial charge in [-0.3, -0.25) is 18.7 Å². The zero-order valence-corrected chi connectivity index (χ0v) is 17.6. The van der Waals surface area contributed by atoms with Crippen molar-refractivity contribution in [2.75, 3.05) is 5.32 Å². The van der Waals surface area contributed by atoms with Gasteiger partial charge in [0.15, 0.2) is 11.2 Å². The Morgan fingerprint density at radius 3 is 2.57 bits per heavy atom. The van der Waals surface area contributed by atoms with Crippen molar-refractivity contribution in [1.82, 2.24) is 28.7 Å². The number of nitrogens with one attached hydrogen (secondary N) is 1. The summed E-state index contributed by atoms with van der Waals surface area (Å²) < 4.78 is 3.72. The van der Waals surface area contributed by atoms with E-state index in [1.807, 2.05) is 18.4 Å². The molecule has 1 N–H and O–H groups in total.